The van der Waals surface area contributed by atoms with E-state index in [1.54, 1.807) is 0 Å². The lowest BCUT2D eigenvalue weighted by atomic mass is 10.1. The zero-order valence-electron chi connectivity index (χ0n) is 13.3. The van der Waals surface area contributed by atoms with Crippen LogP contribution in [-0.2, 0) is 19.6 Å². The summed E-state index contributed by atoms with van der Waals surface area (Å²) in [6, 6.07) is 2.98. The molecule has 0 N–H and O–H groups in total. The summed E-state index contributed by atoms with van der Waals surface area (Å²) >= 11 is 0. The molecule has 0 spiro atoms. The van der Waals surface area contributed by atoms with E-state index in [2.05, 4.69) is 16.1 Å². The molecule has 0 aliphatic heterocycles. The number of carbonyl (C=O) groups is 2. The molecule has 0 aromatic heterocycles. The number of rotatable bonds is 6. The lowest BCUT2D eigenvalue weighted by Gasteiger charge is -2.36. The molecule has 156 valence electrons. The molecular weight excluding hydrogens is 426 g/mol. The molecule has 1 aromatic rings. The van der Waals surface area contributed by atoms with Gasteiger partial charge in [-0.05, 0) is 24.3 Å². The summed E-state index contributed by atoms with van der Waals surface area (Å²) in [6.45, 7) is 3.08. The van der Waals surface area contributed by atoms with Crippen molar-refractivity contribution in [3.05, 3.63) is 42.5 Å². The lowest BCUT2D eigenvalue weighted by molar-refractivity contribution is -0.356. The molecule has 0 amide bonds. The van der Waals surface area contributed by atoms with Crippen LogP contribution in [0, 0.1) is 0 Å². The first-order valence-corrected chi connectivity index (χ1v) is 8.35. The van der Waals surface area contributed by atoms with Crippen LogP contribution < -0.4 is 4.74 Å². The Bertz CT molecular complexity index is 842. The van der Waals surface area contributed by atoms with Gasteiger partial charge < -0.3 is 14.0 Å². The highest BCUT2D eigenvalue weighted by molar-refractivity contribution is 7.85. The van der Waals surface area contributed by atoms with Crippen molar-refractivity contribution in [2.24, 2.45) is 0 Å². The van der Waals surface area contributed by atoms with Gasteiger partial charge >= 0.3 is 29.9 Å². The molecule has 1 aromatic carbocycles. The Morgan fingerprint density at radius 2 is 1.50 bits per heavy atom. The van der Waals surface area contributed by atoms with Crippen LogP contribution in [0.2, 0.25) is 0 Å². The molecule has 0 aliphatic rings. The molecule has 0 bridgehead atoms. The van der Waals surface area contributed by atoms with Crippen molar-refractivity contribution in [1.29, 1.82) is 0 Å². The smallest absolute Gasteiger partial charge is 0.438 e. The summed E-state index contributed by atoms with van der Waals surface area (Å²) in [4.78, 5) is 22.8. The summed E-state index contributed by atoms with van der Waals surface area (Å²) in [7, 11) is -6.13. The Kier molecular flexibility index (Phi) is 6.52. The van der Waals surface area contributed by atoms with Gasteiger partial charge in [-0.25, -0.2) is 18.0 Å². The fourth-order valence-electron chi connectivity index (χ4n) is 1.75. The Labute approximate surface area is 153 Å². The molecule has 0 saturated carbocycles. The molecule has 7 nitrogen and oxygen atoms in total. The average molecular weight is 435 g/mol. The minimum atomic E-state index is -6.47. The van der Waals surface area contributed by atoms with Crippen molar-refractivity contribution in [2.45, 2.75) is 18.0 Å². The van der Waals surface area contributed by atoms with E-state index >= 15 is 0 Å². The molecule has 14 heteroatoms. The summed E-state index contributed by atoms with van der Waals surface area (Å²) in [6.07, 6.45) is -12.2. The van der Waals surface area contributed by atoms with Crippen LogP contribution in [0.1, 0.15) is 10.4 Å². The van der Waals surface area contributed by atoms with Gasteiger partial charge in [-0.3, -0.25) is 0 Å². The van der Waals surface area contributed by atoms with Gasteiger partial charge in [0.2, 0.25) is 0 Å². The number of carbonyl (C=O) groups excluding carboxylic acids is 2. The summed E-state index contributed by atoms with van der Waals surface area (Å²) in [5, 5.41) is 0. The highest BCUT2D eigenvalue weighted by Crippen LogP contribution is 2.47. The van der Waals surface area contributed by atoms with E-state index in [9.17, 15) is 48.9 Å². The Hall–Kier alpha value is -2.61. The summed E-state index contributed by atoms with van der Waals surface area (Å²) < 4.78 is 118. The first-order chi connectivity index (χ1) is 12.5. The first kappa shape index (κ1) is 23.4. The SMILES string of the molecule is C=CC(=O)Oc1ccc(C(=O)OC(CS(=O)(=O)[O-])(C(F)(F)F)C(F)(F)F)cc1. The second-order valence-corrected chi connectivity index (χ2v) is 6.47. The van der Waals surface area contributed by atoms with E-state index in [-0.39, 0.29) is 5.75 Å². The molecule has 1 rings (SSSR count). The first-order valence-electron chi connectivity index (χ1n) is 6.77. The van der Waals surface area contributed by atoms with Gasteiger partial charge in [-0.1, -0.05) is 6.58 Å². The zero-order chi connectivity index (χ0) is 22.0. The minimum Gasteiger partial charge on any atom is -0.748 e. The van der Waals surface area contributed by atoms with Crippen LogP contribution in [0.15, 0.2) is 36.9 Å². The van der Waals surface area contributed by atoms with Crippen molar-refractivity contribution < 1.29 is 58.4 Å². The number of alkyl halides is 6. The molecule has 0 unspecified atom stereocenters. The zero-order valence-corrected chi connectivity index (χ0v) is 14.2. The monoisotopic (exact) mass is 435 g/mol. The van der Waals surface area contributed by atoms with Crippen LogP contribution in [0.3, 0.4) is 0 Å². The van der Waals surface area contributed by atoms with Crippen LogP contribution in [0.4, 0.5) is 26.3 Å². The van der Waals surface area contributed by atoms with Gasteiger partial charge in [-0.15, -0.1) is 0 Å². The van der Waals surface area contributed by atoms with Gasteiger partial charge in [0.25, 0.3) is 0 Å². The number of esters is 2. The number of hydrogen-bond donors (Lipinski definition) is 0. The quantitative estimate of drug-likeness (QED) is 0.222. The third-order valence-electron chi connectivity index (χ3n) is 3.04. The topological polar surface area (TPSA) is 110 Å². The van der Waals surface area contributed by atoms with Gasteiger partial charge in [0.1, 0.15) is 5.75 Å². The predicted molar refractivity (Wildman–Crippen MR) is 77.1 cm³/mol. The predicted octanol–water partition coefficient (Wildman–Crippen LogP) is 2.34. The molecule has 0 aliphatic carbocycles. The molecule has 0 heterocycles. The minimum absolute atomic E-state index is 0.235. The Balaban J connectivity index is 3.30. The second kappa shape index (κ2) is 7.79. The van der Waals surface area contributed by atoms with Gasteiger partial charge in [0.15, 0.2) is 0 Å². The van der Waals surface area contributed by atoms with Crippen LogP contribution in [-0.4, -0.2) is 48.6 Å². The Morgan fingerprint density at radius 1 is 1.04 bits per heavy atom. The fourth-order valence-corrected chi connectivity index (χ4v) is 2.64. The largest absolute Gasteiger partial charge is 0.748 e. The van der Waals surface area contributed by atoms with Crippen molar-refractivity contribution in [1.82, 2.24) is 0 Å². The lowest BCUT2D eigenvalue weighted by Crippen LogP contribution is -2.63. The van der Waals surface area contributed by atoms with Crippen LogP contribution in [0.25, 0.3) is 0 Å². The second-order valence-electron chi connectivity index (χ2n) is 5.06. The summed E-state index contributed by atoms with van der Waals surface area (Å²) in [5.41, 5.74) is -6.45. The Morgan fingerprint density at radius 3 is 1.86 bits per heavy atom. The third kappa shape index (κ3) is 5.45. The molecule has 0 radical (unpaired) electrons. The third-order valence-corrected chi connectivity index (χ3v) is 3.80. The van der Waals surface area contributed by atoms with E-state index in [0.717, 1.165) is 18.2 Å². The van der Waals surface area contributed by atoms with E-state index < -0.39 is 51.3 Å². The summed E-state index contributed by atoms with van der Waals surface area (Å²) in [5.74, 6) is -6.50. The van der Waals surface area contributed by atoms with E-state index in [1.807, 2.05) is 0 Å². The molecule has 28 heavy (non-hydrogen) atoms. The van der Waals surface area contributed by atoms with Gasteiger partial charge in [-0.2, -0.15) is 26.3 Å². The number of ether oxygens (including phenoxy) is 2. The maximum atomic E-state index is 13.1. The molecule has 0 saturated heterocycles. The van der Waals surface area contributed by atoms with Crippen molar-refractivity contribution >= 4 is 22.1 Å². The van der Waals surface area contributed by atoms with Crippen LogP contribution in [0.5, 0.6) is 5.75 Å². The fraction of sp³-hybridized carbons (Fsp3) is 0.286. The molecule has 0 atom stereocenters. The molecule has 0 fully saturated rings. The maximum Gasteiger partial charge on any atom is 0.438 e. The number of hydrogen-bond acceptors (Lipinski definition) is 7. The van der Waals surface area contributed by atoms with E-state index in [1.165, 1.54) is 0 Å². The van der Waals surface area contributed by atoms with Crippen molar-refractivity contribution in [3.63, 3.8) is 0 Å². The highest BCUT2D eigenvalue weighted by Gasteiger charge is 2.75. The van der Waals surface area contributed by atoms with E-state index in [0.29, 0.717) is 12.1 Å². The van der Waals surface area contributed by atoms with Crippen molar-refractivity contribution in [3.8, 4) is 5.75 Å². The number of benzene rings is 1. The maximum absolute atomic E-state index is 13.1. The highest BCUT2D eigenvalue weighted by atomic mass is 32.2. The van der Waals surface area contributed by atoms with Gasteiger partial charge in [0.05, 0.1) is 21.4 Å². The number of halogens is 6. The van der Waals surface area contributed by atoms with Gasteiger partial charge in [0, 0.05) is 6.08 Å². The van der Waals surface area contributed by atoms with Crippen LogP contribution >= 0.6 is 0 Å². The van der Waals surface area contributed by atoms with E-state index in [4.69, 9.17) is 0 Å². The van der Waals surface area contributed by atoms with Crippen molar-refractivity contribution in [2.75, 3.05) is 5.75 Å². The standard InChI is InChI=1S/C14H10F6O7S/c1-2-10(21)26-9-5-3-8(4-6-9)11(22)27-12(13(15,16)17,14(18,19)20)7-28(23,24)25/h2-6H,1,7H2,(H,23,24,25)/p-1. The average Bonchev–Trinajstić information content (AvgIpc) is 2.51. The normalized spacial score (nSPS) is 13.0. The molecular formula is C14H9F6O7S-.